The lowest BCUT2D eigenvalue weighted by molar-refractivity contribution is 0.252. The molecular weight excluding hydrogens is 398 g/mol. The number of carbonyl (C=O) groups is 1. The third-order valence-electron chi connectivity index (χ3n) is 4.28. The van der Waals surface area contributed by atoms with Gasteiger partial charge in [0, 0.05) is 28.0 Å². The van der Waals surface area contributed by atoms with E-state index in [0.29, 0.717) is 10.7 Å². The van der Waals surface area contributed by atoms with Crippen molar-refractivity contribution in [2.45, 2.75) is 0 Å². The van der Waals surface area contributed by atoms with E-state index >= 15 is 0 Å². The molecular formula is C23H18ClN5O. The first kappa shape index (κ1) is 19.4. The second-order valence-electron chi connectivity index (χ2n) is 6.41. The minimum Gasteiger partial charge on any atom is -0.307 e. The number of hydrazone groups is 1. The van der Waals surface area contributed by atoms with Crippen LogP contribution in [0.2, 0.25) is 5.02 Å². The lowest BCUT2D eigenvalue weighted by atomic mass is 10.1. The molecule has 3 aromatic carbocycles. The van der Waals surface area contributed by atoms with Crippen molar-refractivity contribution in [2.75, 3.05) is 5.32 Å². The molecule has 4 rings (SSSR count). The van der Waals surface area contributed by atoms with Crippen molar-refractivity contribution in [3.05, 3.63) is 102 Å². The van der Waals surface area contributed by atoms with Gasteiger partial charge in [0.1, 0.15) is 5.69 Å². The highest BCUT2D eigenvalue weighted by molar-refractivity contribution is 6.30. The maximum Gasteiger partial charge on any atom is 0.339 e. The van der Waals surface area contributed by atoms with Gasteiger partial charge in [0.15, 0.2) is 0 Å². The number of aromatic nitrogens is 2. The molecule has 1 heterocycles. The quantitative estimate of drug-likeness (QED) is 0.340. The molecule has 0 bridgehead atoms. The molecule has 0 radical (unpaired) electrons. The molecule has 0 saturated heterocycles. The Kier molecular flexibility index (Phi) is 5.87. The largest absolute Gasteiger partial charge is 0.339 e. The summed E-state index contributed by atoms with van der Waals surface area (Å²) in [6, 6.07) is 25.9. The fourth-order valence-corrected chi connectivity index (χ4v) is 2.99. The smallest absolute Gasteiger partial charge is 0.307 e. The summed E-state index contributed by atoms with van der Waals surface area (Å²) in [4.78, 5) is 12.1. The van der Waals surface area contributed by atoms with Crippen LogP contribution in [0.3, 0.4) is 0 Å². The van der Waals surface area contributed by atoms with Gasteiger partial charge in [0.05, 0.1) is 11.9 Å². The van der Waals surface area contributed by atoms with Gasteiger partial charge in [-0.25, -0.2) is 14.9 Å². The summed E-state index contributed by atoms with van der Waals surface area (Å²) < 4.78 is 1.77. The van der Waals surface area contributed by atoms with Gasteiger partial charge in [-0.1, -0.05) is 60.1 Å². The van der Waals surface area contributed by atoms with E-state index in [9.17, 15) is 4.79 Å². The molecule has 0 unspecified atom stereocenters. The number of amides is 2. The Morgan fingerprint density at radius 3 is 2.30 bits per heavy atom. The summed E-state index contributed by atoms with van der Waals surface area (Å²) in [5.41, 5.74) is 6.45. The van der Waals surface area contributed by atoms with Crippen LogP contribution in [-0.2, 0) is 0 Å². The summed E-state index contributed by atoms with van der Waals surface area (Å²) in [6.45, 7) is 0. The molecule has 2 amide bonds. The highest BCUT2D eigenvalue weighted by Crippen LogP contribution is 2.24. The van der Waals surface area contributed by atoms with Crippen LogP contribution in [0.1, 0.15) is 5.56 Å². The number of rotatable bonds is 5. The summed E-state index contributed by atoms with van der Waals surface area (Å²) in [7, 11) is 0. The molecule has 0 saturated carbocycles. The highest BCUT2D eigenvalue weighted by Gasteiger charge is 2.11. The molecule has 0 fully saturated rings. The zero-order valence-corrected chi connectivity index (χ0v) is 16.6. The molecule has 148 valence electrons. The average molecular weight is 416 g/mol. The number of para-hydroxylation sites is 2. The molecule has 6 nitrogen and oxygen atoms in total. The molecule has 2 N–H and O–H groups in total. The predicted octanol–water partition coefficient (Wildman–Crippen LogP) is 5.35. The third-order valence-corrected chi connectivity index (χ3v) is 4.53. The van der Waals surface area contributed by atoms with E-state index in [-0.39, 0.29) is 0 Å². The Morgan fingerprint density at radius 2 is 1.60 bits per heavy atom. The van der Waals surface area contributed by atoms with Crippen molar-refractivity contribution in [3.8, 4) is 16.9 Å². The van der Waals surface area contributed by atoms with Gasteiger partial charge in [0.25, 0.3) is 0 Å². The fraction of sp³-hybridized carbons (Fsp3) is 0. The van der Waals surface area contributed by atoms with E-state index in [1.807, 2.05) is 79.0 Å². The molecule has 30 heavy (non-hydrogen) atoms. The van der Waals surface area contributed by atoms with Crippen molar-refractivity contribution < 1.29 is 4.79 Å². The Labute approximate surface area is 178 Å². The maximum absolute atomic E-state index is 12.1. The van der Waals surface area contributed by atoms with Gasteiger partial charge >= 0.3 is 6.03 Å². The molecule has 4 aromatic rings. The fourth-order valence-electron chi connectivity index (χ4n) is 2.87. The van der Waals surface area contributed by atoms with Crippen molar-refractivity contribution in [1.29, 1.82) is 0 Å². The second kappa shape index (κ2) is 9.07. The van der Waals surface area contributed by atoms with Crippen LogP contribution in [-0.4, -0.2) is 22.0 Å². The maximum atomic E-state index is 12.1. The lowest BCUT2D eigenvalue weighted by Gasteiger charge is -2.03. The molecule has 7 heteroatoms. The van der Waals surface area contributed by atoms with E-state index in [1.54, 1.807) is 23.0 Å². The van der Waals surface area contributed by atoms with Crippen LogP contribution in [0.5, 0.6) is 0 Å². The molecule has 1 aromatic heterocycles. The van der Waals surface area contributed by atoms with E-state index in [2.05, 4.69) is 15.8 Å². The number of urea groups is 1. The summed E-state index contributed by atoms with van der Waals surface area (Å²) in [5, 5.41) is 12.1. The second-order valence-corrected chi connectivity index (χ2v) is 6.85. The van der Waals surface area contributed by atoms with Crippen molar-refractivity contribution in [2.24, 2.45) is 5.10 Å². The van der Waals surface area contributed by atoms with Gasteiger partial charge in [-0.15, -0.1) is 0 Å². The van der Waals surface area contributed by atoms with E-state index in [4.69, 9.17) is 16.7 Å². The Morgan fingerprint density at radius 1 is 0.933 bits per heavy atom. The number of carbonyl (C=O) groups excluding carboxylic acids is 1. The average Bonchev–Trinajstić information content (AvgIpc) is 3.20. The number of halogens is 1. The molecule has 0 aliphatic rings. The predicted molar refractivity (Wildman–Crippen MR) is 120 cm³/mol. The van der Waals surface area contributed by atoms with Gasteiger partial charge in [-0.05, 0) is 36.4 Å². The zero-order valence-electron chi connectivity index (χ0n) is 15.9. The Hall–Kier alpha value is -3.90. The van der Waals surface area contributed by atoms with Gasteiger partial charge in [-0.2, -0.15) is 10.2 Å². The molecule has 0 spiro atoms. The first-order valence-electron chi connectivity index (χ1n) is 9.25. The number of nitrogens with zero attached hydrogens (tertiary/aromatic N) is 3. The number of benzene rings is 3. The molecule has 0 aliphatic heterocycles. The van der Waals surface area contributed by atoms with E-state index in [0.717, 1.165) is 22.5 Å². The zero-order chi connectivity index (χ0) is 20.8. The summed E-state index contributed by atoms with van der Waals surface area (Å²) in [5.74, 6) is 0. The van der Waals surface area contributed by atoms with E-state index in [1.165, 1.54) is 0 Å². The van der Waals surface area contributed by atoms with Gasteiger partial charge < -0.3 is 5.32 Å². The van der Waals surface area contributed by atoms with Crippen molar-refractivity contribution in [1.82, 2.24) is 15.2 Å². The van der Waals surface area contributed by atoms with E-state index < -0.39 is 6.03 Å². The number of hydrogen-bond acceptors (Lipinski definition) is 3. The standard InChI is InChI=1S/C23H18ClN5O/c24-19-13-11-17(12-14-19)22-18(16-29(28-22)21-9-5-2-6-10-21)15-25-27-23(30)26-20-7-3-1-4-8-20/h1-16H,(H2,26,27,30)/b25-15-. The Bertz CT molecular complexity index is 1160. The monoisotopic (exact) mass is 415 g/mol. The minimum atomic E-state index is -0.430. The summed E-state index contributed by atoms with van der Waals surface area (Å²) >= 11 is 6.02. The normalized spacial score (nSPS) is 10.8. The first-order valence-corrected chi connectivity index (χ1v) is 9.63. The third kappa shape index (κ3) is 4.74. The minimum absolute atomic E-state index is 0.430. The first-order chi connectivity index (χ1) is 14.7. The number of hydrogen-bond donors (Lipinski definition) is 2. The Balaban J connectivity index is 1.57. The van der Waals surface area contributed by atoms with Crippen molar-refractivity contribution in [3.63, 3.8) is 0 Å². The van der Waals surface area contributed by atoms with Crippen LogP contribution < -0.4 is 10.7 Å². The summed E-state index contributed by atoms with van der Waals surface area (Å²) in [6.07, 6.45) is 3.43. The van der Waals surface area contributed by atoms with Crippen LogP contribution in [0.15, 0.2) is 96.2 Å². The van der Waals surface area contributed by atoms with Crippen LogP contribution >= 0.6 is 11.6 Å². The van der Waals surface area contributed by atoms with Crippen LogP contribution in [0, 0.1) is 0 Å². The lowest BCUT2D eigenvalue weighted by Crippen LogP contribution is -2.24. The highest BCUT2D eigenvalue weighted by atomic mass is 35.5. The molecule has 0 aliphatic carbocycles. The van der Waals surface area contributed by atoms with Crippen LogP contribution in [0.4, 0.5) is 10.5 Å². The van der Waals surface area contributed by atoms with Gasteiger partial charge in [0.2, 0.25) is 0 Å². The van der Waals surface area contributed by atoms with Crippen LogP contribution in [0.25, 0.3) is 16.9 Å². The SMILES string of the molecule is O=C(N/N=C\c1cn(-c2ccccc2)nc1-c1ccc(Cl)cc1)Nc1ccccc1. The molecule has 0 atom stereocenters. The number of nitrogens with one attached hydrogen (secondary N) is 2. The number of anilines is 1. The van der Waals surface area contributed by atoms with Crippen molar-refractivity contribution >= 4 is 29.5 Å². The van der Waals surface area contributed by atoms with Gasteiger partial charge in [-0.3, -0.25) is 0 Å². The topological polar surface area (TPSA) is 71.3 Å².